The summed E-state index contributed by atoms with van der Waals surface area (Å²) in [4.78, 5) is 18.1. The predicted octanol–water partition coefficient (Wildman–Crippen LogP) is 4.00. The van der Waals surface area contributed by atoms with Gasteiger partial charge in [-0.15, -0.1) is 0 Å². The Labute approximate surface area is 183 Å². The van der Waals surface area contributed by atoms with Gasteiger partial charge in [0, 0.05) is 43.0 Å². The van der Waals surface area contributed by atoms with Gasteiger partial charge in [-0.25, -0.2) is 0 Å². The van der Waals surface area contributed by atoms with Gasteiger partial charge in [0.05, 0.1) is 29.3 Å². The van der Waals surface area contributed by atoms with E-state index in [0.29, 0.717) is 15.9 Å². The number of morpholine rings is 1. The number of H-pyrrole nitrogens is 1. The van der Waals surface area contributed by atoms with Gasteiger partial charge in [0.1, 0.15) is 5.69 Å². The molecule has 158 valence electrons. The van der Waals surface area contributed by atoms with Crippen molar-refractivity contribution in [3.63, 3.8) is 0 Å². The number of halogens is 1. The molecule has 0 radical (unpaired) electrons. The molecule has 4 aromatic rings. The van der Waals surface area contributed by atoms with E-state index in [4.69, 9.17) is 16.3 Å². The van der Waals surface area contributed by atoms with Crippen LogP contribution in [0.15, 0.2) is 48.7 Å². The Hall–Kier alpha value is -3.29. The maximum atomic E-state index is 13.0. The molecule has 1 aliphatic heterocycles. The van der Waals surface area contributed by atoms with Gasteiger partial charge in [-0.05, 0) is 35.9 Å². The Bertz CT molecular complexity index is 1270. The Morgan fingerprint density at radius 3 is 2.58 bits per heavy atom. The monoisotopic (exact) mass is 436 g/mol. The van der Waals surface area contributed by atoms with Crippen LogP contribution in [0.4, 0.5) is 5.69 Å². The molecule has 1 fully saturated rings. The zero-order valence-corrected chi connectivity index (χ0v) is 17.7. The molecule has 0 amide bonds. The number of ketones is 1. The zero-order chi connectivity index (χ0) is 21.5. The van der Waals surface area contributed by atoms with E-state index in [2.05, 4.69) is 27.1 Å². The minimum absolute atomic E-state index is 0.191. The summed E-state index contributed by atoms with van der Waals surface area (Å²) in [7, 11) is 1.74. The number of anilines is 1. The molecule has 2 aromatic heterocycles. The lowest BCUT2D eigenvalue weighted by molar-refractivity contribution is 0.103. The normalized spacial score (nSPS) is 14.3. The van der Waals surface area contributed by atoms with Crippen molar-refractivity contribution in [2.45, 2.75) is 0 Å². The molecule has 2 N–H and O–H groups in total. The van der Waals surface area contributed by atoms with Crippen LogP contribution in [-0.2, 0) is 11.8 Å². The number of ether oxygens (including phenoxy) is 1. The molecule has 0 unspecified atom stereocenters. The molecular formula is C23H21ClN4O3. The number of fused-ring (bicyclic) bond motifs is 1. The first-order chi connectivity index (χ1) is 15.0. The van der Waals surface area contributed by atoms with E-state index in [-0.39, 0.29) is 22.9 Å². The summed E-state index contributed by atoms with van der Waals surface area (Å²) >= 11 is 6.56. The predicted molar refractivity (Wildman–Crippen MR) is 120 cm³/mol. The van der Waals surface area contributed by atoms with Crippen LogP contribution in [0.3, 0.4) is 0 Å². The van der Waals surface area contributed by atoms with E-state index in [1.165, 1.54) is 0 Å². The van der Waals surface area contributed by atoms with Crippen molar-refractivity contribution in [3.8, 4) is 17.0 Å². The van der Waals surface area contributed by atoms with E-state index >= 15 is 0 Å². The highest BCUT2D eigenvalue weighted by atomic mass is 35.5. The topological polar surface area (TPSA) is 83.4 Å². The van der Waals surface area contributed by atoms with Gasteiger partial charge >= 0.3 is 0 Å². The highest BCUT2D eigenvalue weighted by molar-refractivity contribution is 6.34. The van der Waals surface area contributed by atoms with Crippen molar-refractivity contribution in [3.05, 3.63) is 64.9 Å². The smallest absolute Gasteiger partial charge is 0.219 e. The van der Waals surface area contributed by atoms with Gasteiger partial charge in [0.25, 0.3) is 0 Å². The molecule has 0 saturated carbocycles. The van der Waals surface area contributed by atoms with Crippen molar-refractivity contribution in [2.24, 2.45) is 7.05 Å². The van der Waals surface area contributed by atoms with Crippen LogP contribution in [0.25, 0.3) is 22.0 Å². The van der Waals surface area contributed by atoms with Gasteiger partial charge < -0.3 is 19.7 Å². The van der Waals surface area contributed by atoms with Crippen molar-refractivity contribution in [1.82, 2.24) is 14.8 Å². The third-order valence-corrected chi connectivity index (χ3v) is 5.91. The van der Waals surface area contributed by atoms with Crippen LogP contribution in [0, 0.1) is 0 Å². The minimum Gasteiger partial charge on any atom is -0.494 e. The lowest BCUT2D eigenvalue weighted by Crippen LogP contribution is -2.36. The number of carbonyl (C=O) groups excluding carboxylic acids is 1. The SMILES string of the molecule is Cn1ccc(C(=O)c2c(O)[nH]c3cc(Cl)c(-c4ccc(N5CCOCC5)cc4)cc23)n1. The van der Waals surface area contributed by atoms with E-state index < -0.39 is 0 Å². The van der Waals surface area contributed by atoms with Crippen molar-refractivity contribution >= 4 is 34.0 Å². The fraction of sp³-hybridized carbons (Fsp3) is 0.217. The second kappa shape index (κ2) is 7.76. The Kier molecular flexibility index (Phi) is 4.92. The van der Waals surface area contributed by atoms with Crippen LogP contribution < -0.4 is 4.90 Å². The number of aromatic hydroxyl groups is 1. The average molecular weight is 437 g/mol. The first-order valence-corrected chi connectivity index (χ1v) is 10.4. The van der Waals surface area contributed by atoms with E-state index in [1.54, 1.807) is 30.1 Å². The van der Waals surface area contributed by atoms with Crippen LogP contribution in [0.1, 0.15) is 16.1 Å². The number of hydrogen-bond donors (Lipinski definition) is 2. The molecule has 2 aromatic carbocycles. The summed E-state index contributed by atoms with van der Waals surface area (Å²) in [6.07, 6.45) is 1.69. The summed E-state index contributed by atoms with van der Waals surface area (Å²) in [6.45, 7) is 3.20. The number of hydrogen-bond acceptors (Lipinski definition) is 5. The molecule has 0 bridgehead atoms. The van der Waals surface area contributed by atoms with Gasteiger partial charge in [0.2, 0.25) is 11.7 Å². The number of aromatic nitrogens is 3. The molecule has 0 atom stereocenters. The van der Waals surface area contributed by atoms with Gasteiger partial charge in [-0.1, -0.05) is 23.7 Å². The molecule has 31 heavy (non-hydrogen) atoms. The number of benzene rings is 2. The number of rotatable bonds is 4. The largest absolute Gasteiger partial charge is 0.494 e. The molecule has 1 aliphatic rings. The quantitative estimate of drug-likeness (QED) is 0.472. The zero-order valence-electron chi connectivity index (χ0n) is 16.9. The Morgan fingerprint density at radius 1 is 1.16 bits per heavy atom. The van der Waals surface area contributed by atoms with Crippen LogP contribution >= 0.6 is 11.6 Å². The lowest BCUT2D eigenvalue weighted by atomic mass is 10.00. The van der Waals surface area contributed by atoms with Crippen molar-refractivity contribution in [2.75, 3.05) is 31.2 Å². The van der Waals surface area contributed by atoms with Crippen LogP contribution in [0.5, 0.6) is 5.88 Å². The number of aromatic amines is 1. The van der Waals surface area contributed by atoms with Crippen molar-refractivity contribution in [1.29, 1.82) is 0 Å². The molecule has 8 heteroatoms. The van der Waals surface area contributed by atoms with Crippen LogP contribution in [-0.4, -0.2) is 52.0 Å². The number of carbonyl (C=O) groups is 1. The standard InChI is InChI=1S/C23H21ClN4O3/c1-27-7-6-19(26-27)22(29)21-17-12-16(18(24)13-20(17)25-23(21)30)14-2-4-15(5-3-14)28-8-10-31-11-9-28/h2-7,12-13,25,30H,8-11H2,1H3. The van der Waals surface area contributed by atoms with Gasteiger partial charge in [-0.2, -0.15) is 5.10 Å². The summed E-state index contributed by atoms with van der Waals surface area (Å²) in [5.41, 5.74) is 3.91. The highest BCUT2D eigenvalue weighted by Crippen LogP contribution is 2.37. The van der Waals surface area contributed by atoms with E-state index in [0.717, 1.165) is 43.1 Å². The summed E-state index contributed by atoms with van der Waals surface area (Å²) < 4.78 is 6.97. The van der Waals surface area contributed by atoms with E-state index in [9.17, 15) is 9.90 Å². The van der Waals surface area contributed by atoms with Gasteiger partial charge in [0.15, 0.2) is 0 Å². The molecule has 0 spiro atoms. The number of aryl methyl sites for hydroxylation is 1. The molecule has 3 heterocycles. The Morgan fingerprint density at radius 2 is 1.90 bits per heavy atom. The maximum Gasteiger partial charge on any atom is 0.219 e. The molecule has 0 aliphatic carbocycles. The maximum absolute atomic E-state index is 13.0. The molecular weight excluding hydrogens is 416 g/mol. The third kappa shape index (κ3) is 3.56. The first kappa shape index (κ1) is 19.7. The Balaban J connectivity index is 1.55. The minimum atomic E-state index is -0.347. The number of nitrogens with one attached hydrogen (secondary N) is 1. The van der Waals surface area contributed by atoms with Crippen LogP contribution in [0.2, 0.25) is 5.02 Å². The lowest BCUT2D eigenvalue weighted by Gasteiger charge is -2.29. The molecule has 1 saturated heterocycles. The molecule has 7 nitrogen and oxygen atoms in total. The second-order valence-electron chi connectivity index (χ2n) is 7.58. The fourth-order valence-electron chi connectivity index (χ4n) is 3.99. The average Bonchev–Trinajstić information content (AvgIpc) is 3.35. The summed E-state index contributed by atoms with van der Waals surface area (Å²) in [5, 5.41) is 15.7. The van der Waals surface area contributed by atoms with Gasteiger partial charge in [-0.3, -0.25) is 9.48 Å². The van der Waals surface area contributed by atoms with Crippen molar-refractivity contribution < 1.29 is 14.6 Å². The fourth-order valence-corrected chi connectivity index (χ4v) is 4.26. The second-order valence-corrected chi connectivity index (χ2v) is 7.98. The third-order valence-electron chi connectivity index (χ3n) is 5.59. The highest BCUT2D eigenvalue weighted by Gasteiger charge is 2.23. The summed E-state index contributed by atoms with van der Waals surface area (Å²) in [6, 6.07) is 13.4. The number of nitrogens with zero attached hydrogens (tertiary/aromatic N) is 3. The first-order valence-electron chi connectivity index (χ1n) is 10.0. The summed E-state index contributed by atoms with van der Waals surface area (Å²) in [5.74, 6) is -0.540. The molecule has 5 rings (SSSR count). The van der Waals surface area contributed by atoms with E-state index in [1.807, 2.05) is 18.2 Å².